The van der Waals surface area contributed by atoms with Gasteiger partial charge in [-0.15, -0.1) is 0 Å². The maximum Gasteiger partial charge on any atom is 0.135 e. The molecule has 3 aromatic rings. The number of aryl methyl sites for hydroxylation is 1. The van der Waals surface area contributed by atoms with Gasteiger partial charge in [0.1, 0.15) is 11.5 Å². The van der Waals surface area contributed by atoms with Crippen LogP contribution >= 0.6 is 0 Å². The molecule has 23 heavy (non-hydrogen) atoms. The highest BCUT2D eigenvalue weighted by atomic mass is 16.5. The number of benzene rings is 3. The summed E-state index contributed by atoms with van der Waals surface area (Å²) in [6.45, 7) is 8.91. The molecule has 0 amide bonds. The summed E-state index contributed by atoms with van der Waals surface area (Å²) in [5.74, 6) is 1.95. The summed E-state index contributed by atoms with van der Waals surface area (Å²) in [6.07, 6.45) is 1.04. The van der Waals surface area contributed by atoms with Gasteiger partial charge in [-0.3, -0.25) is 0 Å². The van der Waals surface area contributed by atoms with E-state index in [9.17, 15) is 0 Å². The normalized spacial score (nSPS) is 12.9. The van der Waals surface area contributed by atoms with Gasteiger partial charge >= 0.3 is 0 Å². The number of hydrogen-bond acceptors (Lipinski definition) is 1. The lowest BCUT2D eigenvalue weighted by atomic mass is 9.84. The standard InChI is InChI=1S/C22H22O/c1-5-14-9-12-19-21-16(14)7-6-8-18(21)17-11-10-15(22(2,3)4)13-20(17)23-19/h6-13H,5H2,1-4H3. The molecule has 0 saturated carbocycles. The molecule has 0 unspecified atom stereocenters. The van der Waals surface area contributed by atoms with Crippen LogP contribution in [0.5, 0.6) is 11.5 Å². The highest BCUT2D eigenvalue weighted by Gasteiger charge is 2.23. The van der Waals surface area contributed by atoms with Crippen LogP contribution in [0.3, 0.4) is 0 Å². The highest BCUT2D eigenvalue weighted by Crippen LogP contribution is 2.48. The Morgan fingerprint density at radius 3 is 2.43 bits per heavy atom. The molecule has 0 bridgehead atoms. The Morgan fingerprint density at radius 2 is 1.70 bits per heavy atom. The number of fused-ring (bicyclic) bond motifs is 2. The molecule has 0 radical (unpaired) electrons. The van der Waals surface area contributed by atoms with E-state index in [1.807, 2.05) is 0 Å². The second kappa shape index (κ2) is 4.86. The maximum atomic E-state index is 6.28. The van der Waals surface area contributed by atoms with Crippen molar-refractivity contribution in [2.75, 3.05) is 0 Å². The predicted molar refractivity (Wildman–Crippen MR) is 97.5 cm³/mol. The van der Waals surface area contributed by atoms with Crippen molar-refractivity contribution in [3.8, 4) is 22.6 Å². The van der Waals surface area contributed by atoms with Crippen LogP contribution in [0.4, 0.5) is 0 Å². The third-order valence-electron chi connectivity index (χ3n) is 4.83. The van der Waals surface area contributed by atoms with Crippen LogP contribution in [0, 0.1) is 0 Å². The fraction of sp³-hybridized carbons (Fsp3) is 0.273. The zero-order valence-corrected chi connectivity index (χ0v) is 14.2. The van der Waals surface area contributed by atoms with Crippen LogP contribution in [-0.2, 0) is 11.8 Å². The largest absolute Gasteiger partial charge is 0.456 e. The summed E-state index contributed by atoms with van der Waals surface area (Å²) in [6, 6.07) is 17.5. The molecule has 1 heterocycles. The zero-order valence-electron chi connectivity index (χ0n) is 14.2. The first-order valence-corrected chi connectivity index (χ1v) is 8.36. The molecular weight excluding hydrogens is 280 g/mol. The summed E-state index contributed by atoms with van der Waals surface area (Å²) in [5.41, 5.74) is 5.29. The Bertz CT molecular complexity index is 913. The van der Waals surface area contributed by atoms with E-state index in [4.69, 9.17) is 4.74 Å². The van der Waals surface area contributed by atoms with E-state index >= 15 is 0 Å². The van der Waals surface area contributed by atoms with Gasteiger partial charge in [0, 0.05) is 10.9 Å². The van der Waals surface area contributed by atoms with Crippen LogP contribution in [0.25, 0.3) is 21.9 Å². The molecule has 1 aliphatic heterocycles. The molecule has 4 rings (SSSR count). The van der Waals surface area contributed by atoms with Crippen LogP contribution in [0.1, 0.15) is 38.8 Å². The lowest BCUT2D eigenvalue weighted by molar-refractivity contribution is 0.482. The summed E-state index contributed by atoms with van der Waals surface area (Å²) in [5, 5.41) is 2.57. The van der Waals surface area contributed by atoms with Crippen LogP contribution in [0.2, 0.25) is 0 Å². The fourth-order valence-corrected chi connectivity index (χ4v) is 3.47. The van der Waals surface area contributed by atoms with Crippen molar-refractivity contribution in [2.45, 2.75) is 39.5 Å². The SMILES string of the molecule is CCc1ccc2c3c(cccc13)-c1ccc(C(C)(C)C)cc1O2. The maximum absolute atomic E-state index is 6.28. The minimum Gasteiger partial charge on any atom is -0.456 e. The summed E-state index contributed by atoms with van der Waals surface area (Å²) in [4.78, 5) is 0. The number of rotatable bonds is 1. The van der Waals surface area contributed by atoms with Gasteiger partial charge in [0.05, 0.1) is 0 Å². The lowest BCUT2D eigenvalue weighted by Gasteiger charge is -2.25. The number of ether oxygens (including phenoxy) is 1. The molecule has 1 aliphatic rings. The Morgan fingerprint density at radius 1 is 0.870 bits per heavy atom. The van der Waals surface area contributed by atoms with Crippen LogP contribution < -0.4 is 4.74 Å². The molecule has 1 nitrogen and oxygen atoms in total. The molecule has 116 valence electrons. The third kappa shape index (κ3) is 2.15. The van der Waals surface area contributed by atoms with Gasteiger partial charge in [0.15, 0.2) is 0 Å². The second-order valence-corrected chi connectivity index (χ2v) is 7.37. The van der Waals surface area contributed by atoms with Crippen LogP contribution in [-0.4, -0.2) is 0 Å². The van der Waals surface area contributed by atoms with Gasteiger partial charge in [0.2, 0.25) is 0 Å². The van der Waals surface area contributed by atoms with Gasteiger partial charge < -0.3 is 4.74 Å². The van der Waals surface area contributed by atoms with E-state index in [-0.39, 0.29) is 5.41 Å². The molecule has 3 aromatic carbocycles. The van der Waals surface area contributed by atoms with Crippen molar-refractivity contribution < 1.29 is 4.74 Å². The molecular formula is C22H22O. The molecule has 0 atom stereocenters. The highest BCUT2D eigenvalue weighted by molar-refractivity contribution is 6.05. The van der Waals surface area contributed by atoms with Crippen molar-refractivity contribution >= 4 is 10.8 Å². The van der Waals surface area contributed by atoms with E-state index in [0.717, 1.165) is 17.9 Å². The molecule has 0 spiro atoms. The average Bonchev–Trinajstić information content (AvgIpc) is 2.54. The molecule has 1 heteroatoms. The average molecular weight is 302 g/mol. The molecule has 0 fully saturated rings. The monoisotopic (exact) mass is 302 g/mol. The molecule has 0 saturated heterocycles. The Balaban J connectivity index is 2.01. The van der Waals surface area contributed by atoms with Gasteiger partial charge in [-0.2, -0.15) is 0 Å². The number of hydrogen-bond donors (Lipinski definition) is 0. The Kier molecular flexibility index (Phi) is 3.02. The lowest BCUT2D eigenvalue weighted by Crippen LogP contribution is -2.11. The minimum absolute atomic E-state index is 0.122. The van der Waals surface area contributed by atoms with E-state index in [1.165, 1.54) is 33.0 Å². The summed E-state index contributed by atoms with van der Waals surface area (Å²) < 4.78 is 6.28. The van der Waals surface area contributed by atoms with E-state index in [0.29, 0.717) is 0 Å². The van der Waals surface area contributed by atoms with Crippen LogP contribution in [0.15, 0.2) is 48.5 Å². The summed E-state index contributed by atoms with van der Waals surface area (Å²) >= 11 is 0. The first kappa shape index (κ1) is 14.3. The van der Waals surface area contributed by atoms with Gasteiger partial charge in [-0.25, -0.2) is 0 Å². The first-order valence-electron chi connectivity index (χ1n) is 8.36. The topological polar surface area (TPSA) is 9.23 Å². The van der Waals surface area contributed by atoms with Gasteiger partial charge in [-0.1, -0.05) is 64.1 Å². The van der Waals surface area contributed by atoms with Gasteiger partial charge in [0.25, 0.3) is 0 Å². The van der Waals surface area contributed by atoms with Gasteiger partial charge in [-0.05, 0) is 46.0 Å². The second-order valence-electron chi connectivity index (χ2n) is 7.37. The Labute approximate surface area is 137 Å². The van der Waals surface area contributed by atoms with E-state index in [2.05, 4.69) is 76.2 Å². The van der Waals surface area contributed by atoms with Crippen molar-refractivity contribution in [1.82, 2.24) is 0 Å². The third-order valence-corrected chi connectivity index (χ3v) is 4.83. The smallest absolute Gasteiger partial charge is 0.135 e. The van der Waals surface area contributed by atoms with Crippen molar-refractivity contribution in [2.24, 2.45) is 0 Å². The fourth-order valence-electron chi connectivity index (χ4n) is 3.47. The van der Waals surface area contributed by atoms with E-state index < -0.39 is 0 Å². The van der Waals surface area contributed by atoms with E-state index in [1.54, 1.807) is 0 Å². The Hall–Kier alpha value is -2.28. The molecule has 0 aromatic heterocycles. The molecule has 0 N–H and O–H groups in total. The quantitative estimate of drug-likeness (QED) is 0.391. The van der Waals surface area contributed by atoms with Crippen molar-refractivity contribution in [3.05, 3.63) is 59.7 Å². The first-order chi connectivity index (χ1) is 11.0. The summed E-state index contributed by atoms with van der Waals surface area (Å²) in [7, 11) is 0. The molecule has 0 aliphatic carbocycles. The predicted octanol–water partition coefficient (Wildman–Crippen LogP) is 6.47. The van der Waals surface area contributed by atoms with Crippen molar-refractivity contribution in [1.29, 1.82) is 0 Å². The zero-order chi connectivity index (χ0) is 16.2. The minimum atomic E-state index is 0.122. The van der Waals surface area contributed by atoms with Crippen molar-refractivity contribution in [3.63, 3.8) is 0 Å².